The van der Waals surface area contributed by atoms with Crippen molar-refractivity contribution in [2.75, 3.05) is 52.5 Å². The standard InChI is InChI=1S/C35H49N7O8/c36-12-17-49-18-14-39-35(48)28-11-13-38-31(44)9-10-33(46)42-15-3-7-26(23-42)34(47)41-29(20-27-8-4-16-50-27)30(43)22-37-21-25-6-2-1-5-24(25)19-32(45)40-28/h1-2,4-6,8,16,26,28-29,37H,3,7,9-15,17-23,36H2,(H,38,44)(H,39,48)(H,40,45)(H,41,47)/t26-,28+,29+/m1/s1. The van der Waals surface area contributed by atoms with Crippen molar-refractivity contribution in [1.82, 2.24) is 31.5 Å². The van der Waals surface area contributed by atoms with Crippen LogP contribution in [0.5, 0.6) is 0 Å². The van der Waals surface area contributed by atoms with Crippen molar-refractivity contribution in [2.24, 2.45) is 11.7 Å². The Balaban J connectivity index is 1.50. The minimum absolute atomic E-state index is 0.0290. The van der Waals surface area contributed by atoms with E-state index >= 15 is 0 Å². The molecule has 1 saturated heterocycles. The number of nitrogens with two attached hydrogens (primary N) is 1. The SMILES string of the molecule is NCCOCCNC(=O)[C@@H]1CCNC(=O)CCC(=O)N2CCC[C@H](C2)C(=O)N[C@@H](Cc2ccco2)C(=O)CNCc2ccccc2CC(=O)N1. The topological polar surface area (TPSA) is 214 Å². The zero-order valence-electron chi connectivity index (χ0n) is 28.4. The summed E-state index contributed by atoms with van der Waals surface area (Å²) in [5.74, 6) is -1.97. The van der Waals surface area contributed by atoms with E-state index in [4.69, 9.17) is 14.9 Å². The van der Waals surface area contributed by atoms with E-state index in [0.717, 1.165) is 5.56 Å². The van der Waals surface area contributed by atoms with Gasteiger partial charge >= 0.3 is 0 Å². The Bertz CT molecular complexity index is 1450. The van der Waals surface area contributed by atoms with E-state index in [1.807, 2.05) is 12.1 Å². The first-order valence-corrected chi connectivity index (χ1v) is 17.3. The second kappa shape index (κ2) is 20.2. The molecule has 7 N–H and O–H groups in total. The average molecular weight is 696 g/mol. The van der Waals surface area contributed by atoms with Crippen molar-refractivity contribution in [3.05, 3.63) is 59.5 Å². The number of carbonyl (C=O) groups is 6. The van der Waals surface area contributed by atoms with Crippen LogP contribution in [-0.4, -0.2) is 105 Å². The van der Waals surface area contributed by atoms with Crippen LogP contribution in [0.2, 0.25) is 0 Å². The van der Waals surface area contributed by atoms with Gasteiger partial charge in [-0.2, -0.15) is 0 Å². The Morgan fingerprint density at radius 3 is 2.56 bits per heavy atom. The average Bonchev–Trinajstić information content (AvgIpc) is 3.63. The fourth-order valence-corrected chi connectivity index (χ4v) is 5.99. The van der Waals surface area contributed by atoms with Gasteiger partial charge in [-0.15, -0.1) is 0 Å². The second-order valence-electron chi connectivity index (χ2n) is 12.5. The molecule has 2 aliphatic rings. The molecule has 3 atom stereocenters. The number of hydrogen-bond donors (Lipinski definition) is 6. The first kappa shape index (κ1) is 38.2. The third-order valence-corrected chi connectivity index (χ3v) is 8.70. The normalized spacial score (nSPS) is 22.1. The van der Waals surface area contributed by atoms with Crippen molar-refractivity contribution in [2.45, 2.75) is 63.6 Å². The van der Waals surface area contributed by atoms with Crippen LogP contribution in [0.1, 0.15) is 49.0 Å². The van der Waals surface area contributed by atoms with Crippen LogP contribution in [0.15, 0.2) is 47.1 Å². The first-order chi connectivity index (χ1) is 24.2. The predicted molar refractivity (Wildman–Crippen MR) is 182 cm³/mol. The van der Waals surface area contributed by atoms with E-state index in [1.54, 1.807) is 29.2 Å². The van der Waals surface area contributed by atoms with Crippen molar-refractivity contribution >= 4 is 35.3 Å². The van der Waals surface area contributed by atoms with Gasteiger partial charge in [0.2, 0.25) is 29.5 Å². The predicted octanol–water partition coefficient (Wildman–Crippen LogP) is -0.677. The molecule has 4 rings (SSSR count). The number of hydrogen-bond acceptors (Lipinski definition) is 10. The van der Waals surface area contributed by atoms with Crippen LogP contribution in [0.3, 0.4) is 0 Å². The van der Waals surface area contributed by atoms with E-state index in [0.29, 0.717) is 43.9 Å². The molecule has 2 bridgehead atoms. The maximum Gasteiger partial charge on any atom is 0.242 e. The Morgan fingerprint density at radius 2 is 1.78 bits per heavy atom. The van der Waals surface area contributed by atoms with Gasteiger partial charge in [0.1, 0.15) is 11.8 Å². The maximum absolute atomic E-state index is 13.5. The lowest BCUT2D eigenvalue weighted by Crippen LogP contribution is -2.51. The number of fused-ring (bicyclic) bond motifs is 3. The van der Waals surface area contributed by atoms with Gasteiger partial charge in [-0.1, -0.05) is 24.3 Å². The van der Waals surface area contributed by atoms with Gasteiger partial charge in [-0.3, -0.25) is 28.8 Å². The van der Waals surface area contributed by atoms with Gasteiger partial charge < -0.3 is 46.4 Å². The minimum atomic E-state index is -0.940. The summed E-state index contributed by atoms with van der Waals surface area (Å²) in [6, 6.07) is 8.93. The number of piperidine rings is 1. The number of nitrogens with zero attached hydrogens (tertiary/aromatic N) is 1. The summed E-state index contributed by atoms with van der Waals surface area (Å²) >= 11 is 0. The van der Waals surface area contributed by atoms with Crippen molar-refractivity contribution < 1.29 is 37.9 Å². The number of Topliss-reactive ketones (excluding diaryl/α,β-unsaturated/α-hetero) is 1. The quantitative estimate of drug-likeness (QED) is 0.192. The Kier molecular flexibility index (Phi) is 15.4. The Labute approximate surface area is 291 Å². The zero-order valence-corrected chi connectivity index (χ0v) is 28.4. The van der Waals surface area contributed by atoms with Crippen LogP contribution >= 0.6 is 0 Å². The van der Waals surface area contributed by atoms with E-state index in [2.05, 4.69) is 26.6 Å². The first-order valence-electron chi connectivity index (χ1n) is 17.3. The fraction of sp³-hybridized carbons (Fsp3) is 0.543. The molecule has 2 aliphatic heterocycles. The molecule has 15 nitrogen and oxygen atoms in total. The van der Waals surface area contributed by atoms with Gasteiger partial charge in [0.15, 0.2) is 5.78 Å². The zero-order chi connectivity index (χ0) is 35.7. The molecule has 0 aliphatic carbocycles. The molecule has 0 saturated carbocycles. The van der Waals surface area contributed by atoms with Crippen molar-refractivity contribution in [3.8, 4) is 0 Å². The fourth-order valence-electron chi connectivity index (χ4n) is 5.99. The third kappa shape index (κ3) is 12.4. The summed E-state index contributed by atoms with van der Waals surface area (Å²) in [4.78, 5) is 80.5. The van der Waals surface area contributed by atoms with Gasteiger partial charge in [0.05, 0.1) is 44.4 Å². The Morgan fingerprint density at radius 1 is 0.960 bits per heavy atom. The molecule has 0 spiro atoms. The molecule has 3 heterocycles. The summed E-state index contributed by atoms with van der Waals surface area (Å²) in [5, 5.41) is 14.3. The second-order valence-corrected chi connectivity index (χ2v) is 12.5. The van der Waals surface area contributed by atoms with Crippen LogP contribution < -0.4 is 32.3 Å². The highest BCUT2D eigenvalue weighted by atomic mass is 16.5. The van der Waals surface area contributed by atoms with E-state index < -0.39 is 29.8 Å². The molecule has 1 aromatic carbocycles. The van der Waals surface area contributed by atoms with Crippen molar-refractivity contribution in [1.29, 1.82) is 0 Å². The number of rotatable bonds is 8. The molecule has 50 heavy (non-hydrogen) atoms. The Hall–Kier alpha value is -4.60. The summed E-state index contributed by atoms with van der Waals surface area (Å²) in [6.45, 7) is 2.15. The van der Waals surface area contributed by atoms with Crippen molar-refractivity contribution in [3.63, 3.8) is 0 Å². The highest BCUT2D eigenvalue weighted by molar-refractivity contribution is 5.92. The number of furan rings is 1. The molecule has 0 radical (unpaired) electrons. The molecule has 272 valence electrons. The van der Waals surface area contributed by atoms with Gasteiger partial charge in [-0.25, -0.2) is 0 Å². The van der Waals surface area contributed by atoms with Gasteiger partial charge in [0, 0.05) is 58.5 Å². The number of ether oxygens (including phenoxy) is 1. The molecule has 5 amide bonds. The van der Waals surface area contributed by atoms with E-state index in [1.165, 1.54) is 6.26 Å². The summed E-state index contributed by atoms with van der Waals surface area (Å²) in [7, 11) is 0. The largest absolute Gasteiger partial charge is 0.469 e. The van der Waals surface area contributed by atoms with E-state index in [9.17, 15) is 28.8 Å². The summed E-state index contributed by atoms with van der Waals surface area (Å²) < 4.78 is 10.8. The molecule has 2 aromatic rings. The summed E-state index contributed by atoms with van der Waals surface area (Å²) in [5.41, 5.74) is 6.93. The third-order valence-electron chi connectivity index (χ3n) is 8.70. The lowest BCUT2D eigenvalue weighted by molar-refractivity contribution is -0.138. The number of nitrogens with one attached hydrogen (secondary N) is 5. The molecular formula is C35H49N7O8. The molecule has 15 heteroatoms. The van der Waals surface area contributed by atoms with Crippen LogP contribution in [0.4, 0.5) is 0 Å². The highest BCUT2D eigenvalue weighted by Crippen LogP contribution is 2.19. The smallest absolute Gasteiger partial charge is 0.242 e. The lowest BCUT2D eigenvalue weighted by atomic mass is 9.95. The minimum Gasteiger partial charge on any atom is -0.469 e. The molecular weight excluding hydrogens is 646 g/mol. The van der Waals surface area contributed by atoms with Crippen LogP contribution in [0, 0.1) is 5.92 Å². The molecule has 1 fully saturated rings. The maximum atomic E-state index is 13.5. The number of benzene rings is 1. The van der Waals surface area contributed by atoms with Crippen LogP contribution in [-0.2, 0) is 52.9 Å². The van der Waals surface area contributed by atoms with Crippen LogP contribution in [0.25, 0.3) is 0 Å². The molecule has 1 aromatic heterocycles. The highest BCUT2D eigenvalue weighted by Gasteiger charge is 2.31. The number of carbonyl (C=O) groups excluding carboxylic acids is 6. The van der Waals surface area contributed by atoms with Gasteiger partial charge in [0.25, 0.3) is 0 Å². The lowest BCUT2D eigenvalue weighted by Gasteiger charge is -2.33. The summed E-state index contributed by atoms with van der Waals surface area (Å²) in [6.07, 6.45) is 2.82. The molecule has 0 unspecified atom stereocenters. The number of amides is 5. The monoisotopic (exact) mass is 695 g/mol. The number of ketones is 1. The van der Waals surface area contributed by atoms with Gasteiger partial charge in [-0.05, 0) is 42.5 Å². The van der Waals surface area contributed by atoms with E-state index in [-0.39, 0.29) is 94.9 Å².